The first-order chi connectivity index (χ1) is 8.79. The molecular weight excluding hydrogens is 262 g/mol. The lowest BCUT2D eigenvalue weighted by Gasteiger charge is -2.32. The van der Waals surface area contributed by atoms with Crippen molar-refractivity contribution in [2.24, 2.45) is 5.92 Å². The molecule has 2 rings (SSSR count). The number of allylic oxidation sites excluding steroid dienone is 1. The second-order valence-corrected chi connectivity index (χ2v) is 5.30. The number of rotatable bonds is 4. The molecule has 0 spiro atoms. The first kappa shape index (κ1) is 16.5. The third-order valence-corrected chi connectivity index (χ3v) is 4.08. The highest BCUT2D eigenvalue weighted by molar-refractivity contribution is 5.85. The van der Waals surface area contributed by atoms with Crippen LogP contribution < -0.4 is 5.32 Å². The van der Waals surface area contributed by atoms with Crippen molar-refractivity contribution in [2.75, 3.05) is 45.8 Å². The Hall–Kier alpha value is -0.580. The summed E-state index contributed by atoms with van der Waals surface area (Å²) in [5, 5.41) is 3.27. The molecule has 0 aromatic carbocycles. The van der Waals surface area contributed by atoms with Gasteiger partial charge < -0.3 is 15.1 Å². The van der Waals surface area contributed by atoms with Crippen LogP contribution in [0.3, 0.4) is 0 Å². The summed E-state index contributed by atoms with van der Waals surface area (Å²) in [6.07, 6.45) is 5.15. The first-order valence-corrected chi connectivity index (χ1v) is 7.13. The summed E-state index contributed by atoms with van der Waals surface area (Å²) >= 11 is 0. The number of piperidine rings is 1. The molecule has 1 N–H and O–H groups in total. The minimum absolute atomic E-state index is 0. The summed E-state index contributed by atoms with van der Waals surface area (Å²) in [5.74, 6) is 1.01. The monoisotopic (exact) mass is 287 g/mol. The van der Waals surface area contributed by atoms with Crippen molar-refractivity contribution >= 4 is 18.3 Å². The lowest BCUT2D eigenvalue weighted by molar-refractivity contribution is -0.132. The molecule has 0 radical (unpaired) electrons. The van der Waals surface area contributed by atoms with E-state index < -0.39 is 0 Å². The van der Waals surface area contributed by atoms with Crippen molar-refractivity contribution in [3.63, 3.8) is 0 Å². The van der Waals surface area contributed by atoms with E-state index >= 15 is 0 Å². The smallest absolute Gasteiger partial charge is 0.223 e. The molecule has 0 unspecified atom stereocenters. The van der Waals surface area contributed by atoms with Crippen LogP contribution in [0.2, 0.25) is 0 Å². The number of piperazine rings is 1. The third kappa shape index (κ3) is 5.13. The van der Waals surface area contributed by atoms with Crippen molar-refractivity contribution in [3.8, 4) is 0 Å². The molecule has 2 aliphatic heterocycles. The van der Waals surface area contributed by atoms with Crippen molar-refractivity contribution < 1.29 is 4.79 Å². The number of nitrogens with zero attached hydrogens (tertiary/aromatic N) is 2. The van der Waals surface area contributed by atoms with Crippen LogP contribution in [0.1, 0.15) is 19.3 Å². The zero-order valence-corrected chi connectivity index (χ0v) is 12.5. The van der Waals surface area contributed by atoms with E-state index in [0.717, 1.165) is 45.8 Å². The second-order valence-electron chi connectivity index (χ2n) is 5.30. The topological polar surface area (TPSA) is 35.6 Å². The number of carbonyl (C=O) groups excluding carboxylic acids is 1. The highest BCUT2D eigenvalue weighted by Crippen LogP contribution is 2.17. The maximum Gasteiger partial charge on any atom is 0.223 e. The molecule has 2 aliphatic rings. The van der Waals surface area contributed by atoms with Gasteiger partial charge in [-0.15, -0.1) is 19.0 Å². The average molecular weight is 288 g/mol. The zero-order chi connectivity index (χ0) is 12.8. The lowest BCUT2D eigenvalue weighted by Crippen LogP contribution is -2.47. The van der Waals surface area contributed by atoms with Crippen LogP contribution in [0, 0.1) is 5.92 Å². The van der Waals surface area contributed by atoms with Crippen molar-refractivity contribution in [1.82, 2.24) is 15.1 Å². The fourth-order valence-electron chi connectivity index (χ4n) is 2.74. The molecule has 2 saturated heterocycles. The molecule has 0 bridgehead atoms. The van der Waals surface area contributed by atoms with Crippen molar-refractivity contribution in [2.45, 2.75) is 19.3 Å². The highest BCUT2D eigenvalue weighted by Gasteiger charge is 2.20. The maximum atomic E-state index is 12.0. The molecule has 2 fully saturated rings. The van der Waals surface area contributed by atoms with Crippen LogP contribution in [0.4, 0.5) is 0 Å². The van der Waals surface area contributed by atoms with Gasteiger partial charge in [0.15, 0.2) is 0 Å². The summed E-state index contributed by atoms with van der Waals surface area (Å²) in [6.45, 7) is 10.6. The predicted molar refractivity (Wildman–Crippen MR) is 80.7 cm³/mol. The second kappa shape index (κ2) is 8.56. The Morgan fingerprint density at radius 1 is 1.21 bits per heavy atom. The van der Waals surface area contributed by atoms with Crippen LogP contribution in [-0.2, 0) is 4.79 Å². The molecule has 0 aromatic rings. The van der Waals surface area contributed by atoms with Gasteiger partial charge in [-0.05, 0) is 31.8 Å². The SMILES string of the molecule is C=CC1CCN(CCC(=O)N2CCNCC2)CC1.Cl. The van der Waals surface area contributed by atoms with E-state index in [1.165, 1.54) is 12.8 Å². The Balaban J connectivity index is 0.00000180. The Labute approximate surface area is 122 Å². The van der Waals surface area contributed by atoms with Gasteiger partial charge in [-0.3, -0.25) is 4.79 Å². The van der Waals surface area contributed by atoms with E-state index in [9.17, 15) is 4.79 Å². The predicted octanol–water partition coefficient (Wildman–Crippen LogP) is 1.13. The number of likely N-dealkylation sites (tertiary alicyclic amines) is 1. The van der Waals surface area contributed by atoms with Crippen LogP contribution in [0.15, 0.2) is 12.7 Å². The molecule has 5 heteroatoms. The molecule has 0 saturated carbocycles. The van der Waals surface area contributed by atoms with Crippen LogP contribution in [0.5, 0.6) is 0 Å². The van der Waals surface area contributed by atoms with E-state index in [0.29, 0.717) is 18.2 Å². The molecule has 1 amide bonds. The lowest BCUT2D eigenvalue weighted by atomic mass is 9.97. The molecule has 0 atom stereocenters. The van der Waals surface area contributed by atoms with Gasteiger partial charge >= 0.3 is 0 Å². The summed E-state index contributed by atoms with van der Waals surface area (Å²) < 4.78 is 0. The Kier molecular flexibility index (Phi) is 7.42. The molecule has 0 aromatic heterocycles. The Morgan fingerprint density at radius 3 is 2.42 bits per heavy atom. The van der Waals surface area contributed by atoms with Gasteiger partial charge in [-0.25, -0.2) is 0 Å². The summed E-state index contributed by atoms with van der Waals surface area (Å²) in [5.41, 5.74) is 0. The fraction of sp³-hybridized carbons (Fsp3) is 0.786. The minimum atomic E-state index is 0. The third-order valence-electron chi connectivity index (χ3n) is 4.08. The van der Waals surface area contributed by atoms with E-state index in [4.69, 9.17) is 0 Å². The van der Waals surface area contributed by atoms with E-state index in [1.54, 1.807) is 0 Å². The Morgan fingerprint density at radius 2 is 1.84 bits per heavy atom. The summed E-state index contributed by atoms with van der Waals surface area (Å²) in [6, 6.07) is 0. The normalized spacial score (nSPS) is 21.8. The average Bonchev–Trinajstić information content (AvgIpc) is 2.46. The number of nitrogens with one attached hydrogen (secondary N) is 1. The van der Waals surface area contributed by atoms with Gasteiger partial charge in [0.05, 0.1) is 0 Å². The largest absolute Gasteiger partial charge is 0.340 e. The summed E-state index contributed by atoms with van der Waals surface area (Å²) in [7, 11) is 0. The highest BCUT2D eigenvalue weighted by atomic mass is 35.5. The number of hydrogen-bond donors (Lipinski definition) is 1. The maximum absolute atomic E-state index is 12.0. The van der Waals surface area contributed by atoms with Gasteiger partial charge in [0.1, 0.15) is 0 Å². The number of carbonyl (C=O) groups is 1. The van der Waals surface area contributed by atoms with E-state index in [1.807, 2.05) is 4.90 Å². The van der Waals surface area contributed by atoms with Gasteiger partial charge in [0, 0.05) is 39.1 Å². The summed E-state index contributed by atoms with van der Waals surface area (Å²) in [4.78, 5) is 16.4. The van der Waals surface area contributed by atoms with Gasteiger partial charge in [0.2, 0.25) is 5.91 Å². The van der Waals surface area contributed by atoms with E-state index in [2.05, 4.69) is 22.9 Å². The number of halogens is 1. The van der Waals surface area contributed by atoms with E-state index in [-0.39, 0.29) is 12.4 Å². The molecule has 4 nitrogen and oxygen atoms in total. The van der Waals surface area contributed by atoms with Gasteiger partial charge in [-0.2, -0.15) is 0 Å². The van der Waals surface area contributed by atoms with Crippen molar-refractivity contribution in [1.29, 1.82) is 0 Å². The molecule has 0 aliphatic carbocycles. The van der Waals surface area contributed by atoms with Gasteiger partial charge in [0.25, 0.3) is 0 Å². The minimum Gasteiger partial charge on any atom is -0.340 e. The number of amides is 1. The quantitative estimate of drug-likeness (QED) is 0.788. The molecule has 110 valence electrons. The standard InChI is InChI=1S/C14H25N3O.ClH/c1-2-13-3-8-16(9-4-13)10-5-14(18)17-11-6-15-7-12-17;/h2,13,15H,1,3-12H2;1H. The van der Waals surface area contributed by atoms with Crippen molar-refractivity contribution in [3.05, 3.63) is 12.7 Å². The van der Waals surface area contributed by atoms with Crippen LogP contribution >= 0.6 is 12.4 Å². The molecular formula is C14H26ClN3O. The van der Waals surface area contributed by atoms with Gasteiger partial charge in [-0.1, -0.05) is 6.08 Å². The first-order valence-electron chi connectivity index (χ1n) is 7.13. The Bertz CT molecular complexity index is 284. The fourth-order valence-corrected chi connectivity index (χ4v) is 2.74. The zero-order valence-electron chi connectivity index (χ0n) is 11.6. The molecule has 19 heavy (non-hydrogen) atoms. The number of hydrogen-bond acceptors (Lipinski definition) is 3. The molecule has 2 heterocycles. The van der Waals surface area contributed by atoms with Crippen LogP contribution in [-0.4, -0.2) is 61.5 Å². The van der Waals surface area contributed by atoms with Crippen LogP contribution in [0.25, 0.3) is 0 Å².